The SMILES string of the molecule is COC(=O)OCCn1ccnc1. The maximum atomic E-state index is 10.5. The molecule has 5 heteroatoms. The van der Waals surface area contributed by atoms with Crippen LogP contribution in [0.5, 0.6) is 0 Å². The molecule has 1 heterocycles. The molecule has 1 aromatic rings. The van der Waals surface area contributed by atoms with Gasteiger partial charge in [0.2, 0.25) is 0 Å². The molecule has 1 aromatic heterocycles. The molecular weight excluding hydrogens is 160 g/mol. The molecule has 0 radical (unpaired) electrons. The van der Waals surface area contributed by atoms with E-state index >= 15 is 0 Å². The second-order valence-electron chi connectivity index (χ2n) is 2.10. The fraction of sp³-hybridized carbons (Fsp3) is 0.429. The summed E-state index contributed by atoms with van der Waals surface area (Å²) in [7, 11) is 1.28. The Kier molecular flexibility index (Phi) is 3.13. The normalized spacial score (nSPS) is 9.42. The largest absolute Gasteiger partial charge is 0.508 e. The van der Waals surface area contributed by atoms with Crippen molar-refractivity contribution >= 4 is 6.16 Å². The molecule has 0 atom stereocenters. The summed E-state index contributed by atoms with van der Waals surface area (Å²) in [5, 5.41) is 0. The summed E-state index contributed by atoms with van der Waals surface area (Å²) in [5.41, 5.74) is 0. The highest BCUT2D eigenvalue weighted by Gasteiger charge is 1.98. The molecule has 0 spiro atoms. The van der Waals surface area contributed by atoms with Crippen LogP contribution in [0.15, 0.2) is 18.7 Å². The number of aromatic nitrogens is 2. The molecular formula is C7H10N2O3. The van der Waals surface area contributed by atoms with Crippen LogP contribution in [0.2, 0.25) is 0 Å². The molecule has 0 amide bonds. The van der Waals surface area contributed by atoms with E-state index in [0.717, 1.165) is 0 Å². The highest BCUT2D eigenvalue weighted by molar-refractivity contribution is 5.59. The molecule has 0 aliphatic carbocycles. The molecule has 1 rings (SSSR count). The highest BCUT2D eigenvalue weighted by atomic mass is 16.7. The van der Waals surface area contributed by atoms with Crippen LogP contribution in [0.1, 0.15) is 0 Å². The number of carbonyl (C=O) groups excluding carboxylic acids is 1. The van der Waals surface area contributed by atoms with Gasteiger partial charge in [-0.15, -0.1) is 0 Å². The van der Waals surface area contributed by atoms with E-state index in [1.165, 1.54) is 7.11 Å². The van der Waals surface area contributed by atoms with E-state index in [4.69, 9.17) is 0 Å². The molecule has 66 valence electrons. The Balaban J connectivity index is 2.15. The molecule has 0 saturated heterocycles. The maximum absolute atomic E-state index is 10.5. The zero-order valence-electron chi connectivity index (χ0n) is 6.77. The Labute approximate surface area is 69.9 Å². The molecule has 0 bridgehead atoms. The highest BCUT2D eigenvalue weighted by Crippen LogP contribution is 1.88. The van der Waals surface area contributed by atoms with Crippen LogP contribution >= 0.6 is 0 Å². The van der Waals surface area contributed by atoms with Gasteiger partial charge in [-0.1, -0.05) is 0 Å². The van der Waals surface area contributed by atoms with E-state index in [9.17, 15) is 4.79 Å². The van der Waals surface area contributed by atoms with Crippen LogP contribution in [0.25, 0.3) is 0 Å². The minimum atomic E-state index is -0.657. The van der Waals surface area contributed by atoms with E-state index in [1.54, 1.807) is 18.7 Å². The molecule has 0 aliphatic rings. The Hall–Kier alpha value is -1.52. The van der Waals surface area contributed by atoms with Gasteiger partial charge >= 0.3 is 6.16 Å². The van der Waals surface area contributed by atoms with Gasteiger partial charge in [0.25, 0.3) is 0 Å². The third kappa shape index (κ3) is 2.61. The minimum absolute atomic E-state index is 0.295. The number of nitrogens with zero attached hydrogens (tertiary/aromatic N) is 2. The molecule has 0 aliphatic heterocycles. The Morgan fingerprint density at radius 3 is 3.08 bits per heavy atom. The van der Waals surface area contributed by atoms with Crippen LogP contribution in [0.4, 0.5) is 4.79 Å². The van der Waals surface area contributed by atoms with Crippen LogP contribution in [0, 0.1) is 0 Å². The quantitative estimate of drug-likeness (QED) is 0.625. The monoisotopic (exact) mass is 170 g/mol. The van der Waals surface area contributed by atoms with Crippen LogP contribution < -0.4 is 0 Å². The predicted octanol–water partition coefficient (Wildman–Crippen LogP) is 0.666. The van der Waals surface area contributed by atoms with Crippen molar-refractivity contribution in [3.8, 4) is 0 Å². The first-order chi connectivity index (χ1) is 5.83. The predicted molar refractivity (Wildman–Crippen MR) is 40.6 cm³/mol. The van der Waals surface area contributed by atoms with Gasteiger partial charge < -0.3 is 14.0 Å². The van der Waals surface area contributed by atoms with Gasteiger partial charge in [0, 0.05) is 12.4 Å². The van der Waals surface area contributed by atoms with Gasteiger partial charge in [0.05, 0.1) is 20.0 Å². The molecule has 0 aromatic carbocycles. The first kappa shape index (κ1) is 8.58. The van der Waals surface area contributed by atoms with Gasteiger partial charge in [-0.3, -0.25) is 0 Å². The number of hydrogen-bond donors (Lipinski definition) is 0. The van der Waals surface area contributed by atoms with Crippen molar-refractivity contribution in [3.05, 3.63) is 18.7 Å². The van der Waals surface area contributed by atoms with E-state index in [0.29, 0.717) is 13.2 Å². The van der Waals surface area contributed by atoms with E-state index < -0.39 is 6.16 Å². The van der Waals surface area contributed by atoms with Gasteiger partial charge in [-0.05, 0) is 0 Å². The Bertz CT molecular complexity index is 233. The molecule has 5 nitrogen and oxygen atoms in total. The second kappa shape index (κ2) is 4.38. The summed E-state index contributed by atoms with van der Waals surface area (Å²) < 4.78 is 10.7. The smallest absolute Gasteiger partial charge is 0.438 e. The van der Waals surface area contributed by atoms with Crippen molar-refractivity contribution in [3.63, 3.8) is 0 Å². The molecule has 0 N–H and O–H groups in total. The summed E-state index contributed by atoms with van der Waals surface area (Å²) in [6.45, 7) is 0.887. The number of methoxy groups -OCH3 is 1. The second-order valence-corrected chi connectivity index (χ2v) is 2.10. The van der Waals surface area contributed by atoms with Crippen LogP contribution in [0.3, 0.4) is 0 Å². The fourth-order valence-corrected chi connectivity index (χ4v) is 0.712. The number of carbonyl (C=O) groups is 1. The van der Waals surface area contributed by atoms with E-state index in [2.05, 4.69) is 14.5 Å². The zero-order chi connectivity index (χ0) is 8.81. The van der Waals surface area contributed by atoms with Gasteiger partial charge in [-0.25, -0.2) is 9.78 Å². The number of ether oxygens (including phenoxy) is 2. The summed E-state index contributed by atoms with van der Waals surface area (Å²) in [6, 6.07) is 0. The number of imidazole rings is 1. The molecule has 0 saturated carbocycles. The molecule has 0 unspecified atom stereocenters. The lowest BCUT2D eigenvalue weighted by Gasteiger charge is -2.02. The van der Waals surface area contributed by atoms with Crippen molar-refractivity contribution in [2.24, 2.45) is 0 Å². The van der Waals surface area contributed by atoms with Gasteiger partial charge in [-0.2, -0.15) is 0 Å². The minimum Gasteiger partial charge on any atom is -0.438 e. The molecule has 0 fully saturated rings. The van der Waals surface area contributed by atoms with Crippen LogP contribution in [-0.4, -0.2) is 29.4 Å². The van der Waals surface area contributed by atoms with Crippen molar-refractivity contribution in [2.75, 3.05) is 13.7 Å². The third-order valence-corrected chi connectivity index (χ3v) is 1.30. The number of hydrogen-bond acceptors (Lipinski definition) is 4. The maximum Gasteiger partial charge on any atom is 0.508 e. The van der Waals surface area contributed by atoms with Crippen LogP contribution in [-0.2, 0) is 16.0 Å². The fourth-order valence-electron chi connectivity index (χ4n) is 0.712. The van der Waals surface area contributed by atoms with Gasteiger partial charge in [0.1, 0.15) is 6.61 Å². The summed E-state index contributed by atoms with van der Waals surface area (Å²) >= 11 is 0. The Morgan fingerprint density at radius 1 is 1.67 bits per heavy atom. The van der Waals surface area contributed by atoms with Crippen molar-refractivity contribution in [1.29, 1.82) is 0 Å². The van der Waals surface area contributed by atoms with E-state index in [1.807, 2.05) is 4.57 Å². The summed E-state index contributed by atoms with van der Waals surface area (Å²) in [6.07, 6.45) is 4.45. The summed E-state index contributed by atoms with van der Waals surface area (Å²) in [5.74, 6) is 0. The van der Waals surface area contributed by atoms with Crippen molar-refractivity contribution in [1.82, 2.24) is 9.55 Å². The number of rotatable bonds is 3. The average molecular weight is 170 g/mol. The molecule has 12 heavy (non-hydrogen) atoms. The lowest BCUT2D eigenvalue weighted by atomic mass is 10.7. The topological polar surface area (TPSA) is 53.4 Å². The Morgan fingerprint density at radius 2 is 2.50 bits per heavy atom. The first-order valence-electron chi connectivity index (χ1n) is 3.49. The summed E-state index contributed by atoms with van der Waals surface area (Å²) in [4.78, 5) is 14.3. The standard InChI is InChI=1S/C7H10N2O3/c1-11-7(10)12-5-4-9-3-2-8-6-9/h2-3,6H,4-5H2,1H3. The lowest BCUT2D eigenvalue weighted by molar-refractivity contribution is 0.0700. The van der Waals surface area contributed by atoms with Crippen molar-refractivity contribution < 1.29 is 14.3 Å². The average Bonchev–Trinajstić information content (AvgIpc) is 2.57. The third-order valence-electron chi connectivity index (χ3n) is 1.30. The first-order valence-corrected chi connectivity index (χ1v) is 3.49. The zero-order valence-corrected chi connectivity index (χ0v) is 6.77. The van der Waals surface area contributed by atoms with E-state index in [-0.39, 0.29) is 0 Å². The van der Waals surface area contributed by atoms with Gasteiger partial charge in [0.15, 0.2) is 0 Å². The van der Waals surface area contributed by atoms with Crippen molar-refractivity contribution in [2.45, 2.75) is 6.54 Å². The lowest BCUT2D eigenvalue weighted by Crippen LogP contribution is -2.09.